The molecule has 0 aliphatic carbocycles. The first-order chi connectivity index (χ1) is 8.81. The molecule has 0 aliphatic rings. The average Bonchev–Trinajstić information content (AvgIpc) is 2.29. The Morgan fingerprint density at radius 3 is 2.16 bits per heavy atom. The van der Waals surface area contributed by atoms with Crippen LogP contribution in [0.15, 0.2) is 24.3 Å². The van der Waals surface area contributed by atoms with Gasteiger partial charge in [0.1, 0.15) is 5.75 Å². The van der Waals surface area contributed by atoms with Crippen LogP contribution >= 0.6 is 0 Å². The van der Waals surface area contributed by atoms with Gasteiger partial charge in [-0.25, -0.2) is 0 Å². The van der Waals surface area contributed by atoms with E-state index in [1.165, 1.54) is 12.1 Å². The molecule has 0 aromatic heterocycles. The molecular weight excluding hydrogens is 257 g/mol. The molecule has 1 atom stereocenters. The fourth-order valence-electron chi connectivity index (χ4n) is 1.75. The second-order valence-corrected chi connectivity index (χ2v) is 4.81. The van der Waals surface area contributed by atoms with Gasteiger partial charge in [0.25, 0.3) is 0 Å². The third-order valence-electron chi connectivity index (χ3n) is 2.75. The number of hydrazine groups is 1. The lowest BCUT2D eigenvalue weighted by Gasteiger charge is -2.18. The normalized spacial score (nSPS) is 13.6. The summed E-state index contributed by atoms with van der Waals surface area (Å²) in [6.07, 6.45) is -2.85. The number of halogens is 3. The maximum Gasteiger partial charge on any atom is 0.573 e. The predicted molar refractivity (Wildman–Crippen MR) is 67.3 cm³/mol. The van der Waals surface area contributed by atoms with Gasteiger partial charge in [-0.2, -0.15) is 0 Å². The van der Waals surface area contributed by atoms with Crippen molar-refractivity contribution in [1.82, 2.24) is 5.43 Å². The molecule has 0 saturated heterocycles. The molecule has 1 unspecified atom stereocenters. The fourth-order valence-corrected chi connectivity index (χ4v) is 1.75. The summed E-state index contributed by atoms with van der Waals surface area (Å²) in [5, 5.41) is 0. The Bertz CT molecular complexity index is 376. The zero-order valence-electron chi connectivity index (χ0n) is 11.0. The standard InChI is InChI=1S/C13H19F3N2O/c1-9(2)3-8-12(18-17)10-4-6-11(7-5-10)19-13(14,15)16/h4-7,9,12,18H,3,8,17H2,1-2H3. The predicted octanol–water partition coefficient (Wildman–Crippen LogP) is 3.53. The van der Waals surface area contributed by atoms with Crippen LogP contribution in [0.4, 0.5) is 13.2 Å². The van der Waals surface area contributed by atoms with Gasteiger partial charge in [0.15, 0.2) is 0 Å². The summed E-state index contributed by atoms with van der Waals surface area (Å²) < 4.78 is 39.9. The number of hydrogen-bond donors (Lipinski definition) is 2. The van der Waals surface area contributed by atoms with Gasteiger partial charge in [0.05, 0.1) is 0 Å². The molecular formula is C13H19F3N2O. The van der Waals surface area contributed by atoms with E-state index in [9.17, 15) is 13.2 Å². The Labute approximate surface area is 110 Å². The van der Waals surface area contributed by atoms with E-state index in [1.54, 1.807) is 12.1 Å². The largest absolute Gasteiger partial charge is 0.573 e. The summed E-state index contributed by atoms with van der Waals surface area (Å²) >= 11 is 0. The van der Waals surface area contributed by atoms with Crippen LogP contribution in [-0.4, -0.2) is 6.36 Å². The molecule has 0 heterocycles. The van der Waals surface area contributed by atoms with Crippen molar-refractivity contribution in [1.29, 1.82) is 0 Å². The SMILES string of the molecule is CC(C)CCC(NN)c1ccc(OC(F)(F)F)cc1. The van der Waals surface area contributed by atoms with Crippen molar-refractivity contribution in [3.8, 4) is 5.75 Å². The molecule has 0 fully saturated rings. The minimum absolute atomic E-state index is 0.0673. The van der Waals surface area contributed by atoms with Crippen LogP contribution in [0.25, 0.3) is 0 Å². The molecule has 0 amide bonds. The van der Waals surface area contributed by atoms with Crippen LogP contribution < -0.4 is 16.0 Å². The van der Waals surface area contributed by atoms with Crippen molar-refractivity contribution in [2.24, 2.45) is 11.8 Å². The molecule has 1 rings (SSSR count). The summed E-state index contributed by atoms with van der Waals surface area (Å²) in [7, 11) is 0. The van der Waals surface area contributed by atoms with Crippen molar-refractivity contribution < 1.29 is 17.9 Å². The van der Waals surface area contributed by atoms with Crippen LogP contribution in [0.3, 0.4) is 0 Å². The van der Waals surface area contributed by atoms with Gasteiger partial charge >= 0.3 is 6.36 Å². The first-order valence-electron chi connectivity index (χ1n) is 6.13. The second-order valence-electron chi connectivity index (χ2n) is 4.81. The third kappa shape index (κ3) is 5.94. The number of rotatable bonds is 6. The second kappa shape index (κ2) is 6.77. The van der Waals surface area contributed by atoms with Gasteiger partial charge in [-0.05, 0) is 36.5 Å². The van der Waals surface area contributed by atoms with Gasteiger partial charge in [0.2, 0.25) is 0 Å². The quantitative estimate of drug-likeness (QED) is 0.617. The minimum atomic E-state index is -4.66. The summed E-state index contributed by atoms with van der Waals surface area (Å²) in [4.78, 5) is 0. The number of benzene rings is 1. The van der Waals surface area contributed by atoms with Gasteiger partial charge in [-0.1, -0.05) is 26.0 Å². The molecule has 1 aromatic carbocycles. The van der Waals surface area contributed by atoms with Crippen LogP contribution in [0.5, 0.6) is 5.75 Å². The van der Waals surface area contributed by atoms with E-state index in [0.717, 1.165) is 18.4 Å². The summed E-state index contributed by atoms with van der Waals surface area (Å²) in [6, 6.07) is 5.70. The highest BCUT2D eigenvalue weighted by Crippen LogP contribution is 2.26. The number of nitrogens with two attached hydrogens (primary N) is 1. The van der Waals surface area contributed by atoms with Crippen LogP contribution in [-0.2, 0) is 0 Å². The molecule has 108 valence electrons. The lowest BCUT2D eigenvalue weighted by molar-refractivity contribution is -0.274. The van der Waals surface area contributed by atoms with Gasteiger partial charge in [0, 0.05) is 6.04 Å². The van der Waals surface area contributed by atoms with Gasteiger partial charge in [-0.3, -0.25) is 11.3 Å². The molecule has 0 aliphatic heterocycles. The van der Waals surface area contributed by atoms with E-state index >= 15 is 0 Å². The zero-order valence-corrected chi connectivity index (χ0v) is 11.0. The first kappa shape index (κ1) is 15.8. The molecule has 0 radical (unpaired) electrons. The Morgan fingerprint density at radius 2 is 1.74 bits per heavy atom. The Hall–Kier alpha value is -1.27. The molecule has 19 heavy (non-hydrogen) atoms. The maximum absolute atomic E-state index is 12.0. The van der Waals surface area contributed by atoms with E-state index in [-0.39, 0.29) is 11.8 Å². The lowest BCUT2D eigenvalue weighted by Crippen LogP contribution is -2.28. The molecule has 6 heteroatoms. The lowest BCUT2D eigenvalue weighted by atomic mass is 9.98. The maximum atomic E-state index is 12.0. The topological polar surface area (TPSA) is 47.3 Å². The highest BCUT2D eigenvalue weighted by Gasteiger charge is 2.31. The van der Waals surface area contributed by atoms with Crippen molar-refractivity contribution in [3.63, 3.8) is 0 Å². The molecule has 0 spiro atoms. The van der Waals surface area contributed by atoms with Crippen LogP contribution in [0.1, 0.15) is 38.3 Å². The summed E-state index contributed by atoms with van der Waals surface area (Å²) in [6.45, 7) is 4.21. The number of ether oxygens (including phenoxy) is 1. The number of nitrogens with one attached hydrogen (secondary N) is 1. The van der Waals surface area contributed by atoms with Crippen LogP contribution in [0.2, 0.25) is 0 Å². The third-order valence-corrected chi connectivity index (χ3v) is 2.75. The first-order valence-corrected chi connectivity index (χ1v) is 6.13. The Balaban J connectivity index is 2.67. The molecule has 0 bridgehead atoms. The smallest absolute Gasteiger partial charge is 0.406 e. The highest BCUT2D eigenvalue weighted by atomic mass is 19.4. The van der Waals surface area contributed by atoms with Gasteiger partial charge in [-0.15, -0.1) is 13.2 Å². The van der Waals surface area contributed by atoms with Crippen molar-refractivity contribution in [3.05, 3.63) is 29.8 Å². The Morgan fingerprint density at radius 1 is 1.16 bits per heavy atom. The zero-order chi connectivity index (χ0) is 14.5. The number of alkyl halides is 3. The van der Waals surface area contributed by atoms with Crippen molar-refractivity contribution >= 4 is 0 Å². The number of hydrogen-bond acceptors (Lipinski definition) is 3. The van der Waals surface area contributed by atoms with E-state index < -0.39 is 6.36 Å². The molecule has 0 saturated carbocycles. The van der Waals surface area contributed by atoms with Crippen molar-refractivity contribution in [2.75, 3.05) is 0 Å². The van der Waals surface area contributed by atoms with E-state index in [2.05, 4.69) is 24.0 Å². The fraction of sp³-hybridized carbons (Fsp3) is 0.538. The monoisotopic (exact) mass is 276 g/mol. The van der Waals surface area contributed by atoms with Crippen molar-refractivity contribution in [2.45, 2.75) is 39.1 Å². The van der Waals surface area contributed by atoms with E-state index in [0.29, 0.717) is 5.92 Å². The Kier molecular flexibility index (Phi) is 5.62. The molecule has 3 N–H and O–H groups in total. The van der Waals surface area contributed by atoms with E-state index in [1.807, 2.05) is 0 Å². The molecule has 1 aromatic rings. The highest BCUT2D eigenvalue weighted by molar-refractivity contribution is 5.29. The summed E-state index contributed by atoms with van der Waals surface area (Å²) in [5.74, 6) is 5.79. The van der Waals surface area contributed by atoms with E-state index in [4.69, 9.17) is 5.84 Å². The summed E-state index contributed by atoms with van der Waals surface area (Å²) in [5.41, 5.74) is 3.52. The average molecular weight is 276 g/mol. The molecule has 3 nitrogen and oxygen atoms in total. The van der Waals surface area contributed by atoms with Gasteiger partial charge < -0.3 is 4.74 Å². The van der Waals surface area contributed by atoms with Crippen LogP contribution in [0, 0.1) is 5.92 Å². The minimum Gasteiger partial charge on any atom is -0.406 e.